The van der Waals surface area contributed by atoms with Gasteiger partial charge in [0.1, 0.15) is 0 Å². The maximum absolute atomic E-state index is 6.49. The Bertz CT molecular complexity index is 580. The molecule has 0 saturated carbocycles. The molecule has 0 amide bonds. The van der Waals surface area contributed by atoms with Crippen LogP contribution in [0.15, 0.2) is 70.9 Å². The summed E-state index contributed by atoms with van der Waals surface area (Å²) in [5, 5.41) is 8.63. The first kappa shape index (κ1) is 19.0. The predicted molar refractivity (Wildman–Crippen MR) is 103 cm³/mol. The summed E-state index contributed by atoms with van der Waals surface area (Å²) in [7, 11) is 0. The van der Waals surface area contributed by atoms with Crippen LogP contribution in [0.1, 0.15) is 37.8 Å². The number of rotatable bonds is 8. The van der Waals surface area contributed by atoms with Crippen molar-refractivity contribution in [3.8, 4) is 0 Å². The fourth-order valence-corrected chi connectivity index (χ4v) is 2.61. The molecule has 0 spiro atoms. The molecule has 2 nitrogen and oxygen atoms in total. The molecule has 128 valence electrons. The molecule has 0 fully saturated rings. The van der Waals surface area contributed by atoms with Crippen LogP contribution in [0.2, 0.25) is 0 Å². The molecule has 2 aromatic carbocycles. The van der Waals surface area contributed by atoms with Gasteiger partial charge in [0.25, 0.3) is 0 Å². The molecule has 0 aliphatic heterocycles. The molecule has 0 aliphatic rings. The fourth-order valence-electron chi connectivity index (χ4n) is 2.34. The van der Waals surface area contributed by atoms with E-state index in [0.717, 1.165) is 12.8 Å². The quantitative estimate of drug-likeness (QED) is 0.286. The highest BCUT2D eigenvalue weighted by Crippen LogP contribution is 2.29. The first-order chi connectivity index (χ1) is 11.4. The molecule has 0 unspecified atom stereocenters. The molecular formula is C20H24Cl2N2. The van der Waals surface area contributed by atoms with Crippen LogP contribution in [0.5, 0.6) is 0 Å². The molecule has 0 aliphatic carbocycles. The van der Waals surface area contributed by atoms with Crippen LogP contribution in [-0.4, -0.2) is 10.00 Å². The lowest BCUT2D eigenvalue weighted by Gasteiger charge is -2.20. The average Bonchev–Trinajstić information content (AvgIpc) is 2.59. The number of alkyl halides is 2. The van der Waals surface area contributed by atoms with Gasteiger partial charge in [-0.15, -0.1) is 0 Å². The Kier molecular flexibility index (Phi) is 6.82. The standard InChI is InChI=1S/C20H24Cl2N2/c1-19(21,15-13-17-9-5-3-6-10-17)23-24-20(2,22)16-14-18-11-7-4-8-12-18/h3-12H,13-16H2,1-2H3/b24-23+/t19-,20+. The minimum absolute atomic E-state index is 0.716. The van der Waals surface area contributed by atoms with Crippen LogP contribution in [0.3, 0.4) is 0 Å². The average molecular weight is 363 g/mol. The molecule has 4 heteroatoms. The van der Waals surface area contributed by atoms with Gasteiger partial charge >= 0.3 is 0 Å². The van der Waals surface area contributed by atoms with E-state index in [1.165, 1.54) is 11.1 Å². The topological polar surface area (TPSA) is 24.7 Å². The third-order valence-electron chi connectivity index (χ3n) is 3.89. The second kappa shape index (κ2) is 8.64. The van der Waals surface area contributed by atoms with Crippen molar-refractivity contribution in [3.05, 3.63) is 71.8 Å². The molecule has 0 radical (unpaired) electrons. The summed E-state index contributed by atoms with van der Waals surface area (Å²) in [6.45, 7) is 3.76. The Morgan fingerprint density at radius 1 is 0.667 bits per heavy atom. The molecule has 0 bridgehead atoms. The van der Waals surface area contributed by atoms with E-state index >= 15 is 0 Å². The van der Waals surface area contributed by atoms with E-state index in [-0.39, 0.29) is 0 Å². The Balaban J connectivity index is 1.86. The van der Waals surface area contributed by atoms with Crippen molar-refractivity contribution >= 4 is 23.2 Å². The summed E-state index contributed by atoms with van der Waals surface area (Å²) in [6, 6.07) is 20.5. The van der Waals surface area contributed by atoms with E-state index < -0.39 is 10.00 Å². The van der Waals surface area contributed by atoms with Crippen molar-refractivity contribution in [2.75, 3.05) is 0 Å². The first-order valence-electron chi connectivity index (χ1n) is 8.26. The van der Waals surface area contributed by atoms with Crippen molar-refractivity contribution in [2.45, 2.75) is 49.5 Å². The Labute approximate surface area is 154 Å². The molecular weight excluding hydrogens is 339 g/mol. The number of nitrogens with zero attached hydrogens (tertiary/aromatic N) is 2. The maximum Gasteiger partial charge on any atom is 0.152 e. The highest BCUT2D eigenvalue weighted by Gasteiger charge is 2.24. The molecule has 2 rings (SSSR count). The van der Waals surface area contributed by atoms with Gasteiger partial charge in [-0.2, -0.15) is 10.2 Å². The molecule has 0 heterocycles. The van der Waals surface area contributed by atoms with Gasteiger partial charge < -0.3 is 0 Å². The highest BCUT2D eigenvalue weighted by atomic mass is 35.5. The smallest absolute Gasteiger partial charge is 0.152 e. The van der Waals surface area contributed by atoms with E-state index in [1.54, 1.807) is 0 Å². The van der Waals surface area contributed by atoms with E-state index in [1.807, 2.05) is 50.2 Å². The van der Waals surface area contributed by atoms with Crippen LogP contribution < -0.4 is 0 Å². The summed E-state index contributed by atoms with van der Waals surface area (Å²) in [6.07, 6.45) is 3.16. The van der Waals surface area contributed by atoms with Crippen LogP contribution in [-0.2, 0) is 12.8 Å². The van der Waals surface area contributed by atoms with Crippen molar-refractivity contribution in [1.29, 1.82) is 0 Å². The van der Waals surface area contributed by atoms with E-state index in [9.17, 15) is 0 Å². The van der Waals surface area contributed by atoms with Gasteiger partial charge in [0, 0.05) is 0 Å². The van der Waals surface area contributed by atoms with Gasteiger partial charge in [-0.05, 0) is 50.7 Å². The summed E-state index contributed by atoms with van der Waals surface area (Å²) in [5.41, 5.74) is 2.49. The van der Waals surface area contributed by atoms with Gasteiger partial charge in [0.05, 0.1) is 0 Å². The molecule has 0 saturated heterocycles. The van der Waals surface area contributed by atoms with E-state index in [2.05, 4.69) is 34.5 Å². The summed E-state index contributed by atoms with van der Waals surface area (Å²) in [5.74, 6) is 0. The van der Waals surface area contributed by atoms with Gasteiger partial charge in [-0.3, -0.25) is 0 Å². The van der Waals surface area contributed by atoms with E-state index in [4.69, 9.17) is 23.2 Å². The Morgan fingerprint density at radius 3 is 1.33 bits per heavy atom. The number of hydrogen-bond acceptors (Lipinski definition) is 2. The summed E-state index contributed by atoms with van der Waals surface area (Å²) >= 11 is 13.0. The molecule has 24 heavy (non-hydrogen) atoms. The summed E-state index contributed by atoms with van der Waals surface area (Å²) in [4.78, 5) is -1.47. The van der Waals surface area contributed by atoms with Gasteiger partial charge in [0.2, 0.25) is 0 Å². The van der Waals surface area contributed by atoms with Crippen molar-refractivity contribution in [3.63, 3.8) is 0 Å². The zero-order valence-electron chi connectivity index (χ0n) is 14.3. The largest absolute Gasteiger partial charge is 0.170 e. The number of benzene rings is 2. The van der Waals surface area contributed by atoms with Crippen LogP contribution in [0, 0.1) is 0 Å². The summed E-state index contributed by atoms with van der Waals surface area (Å²) < 4.78 is 0. The van der Waals surface area contributed by atoms with Crippen LogP contribution in [0.4, 0.5) is 0 Å². The van der Waals surface area contributed by atoms with Crippen molar-refractivity contribution in [1.82, 2.24) is 0 Å². The minimum Gasteiger partial charge on any atom is -0.170 e. The normalized spacial score (nSPS) is 16.7. The number of azo groups is 1. The number of aryl methyl sites for hydroxylation is 2. The number of halogens is 2. The lowest BCUT2D eigenvalue weighted by atomic mass is 10.1. The van der Waals surface area contributed by atoms with Gasteiger partial charge in [-0.25, -0.2) is 0 Å². The highest BCUT2D eigenvalue weighted by molar-refractivity contribution is 6.24. The lowest BCUT2D eigenvalue weighted by molar-refractivity contribution is 0.500. The van der Waals surface area contributed by atoms with Gasteiger partial charge in [0.15, 0.2) is 10.00 Å². The van der Waals surface area contributed by atoms with Crippen LogP contribution in [0.25, 0.3) is 0 Å². The molecule has 2 atom stereocenters. The zero-order chi connectivity index (χ0) is 17.5. The predicted octanol–water partition coefficient (Wildman–Crippen LogP) is 6.61. The van der Waals surface area contributed by atoms with Crippen LogP contribution >= 0.6 is 23.2 Å². The molecule has 2 aromatic rings. The second-order valence-corrected chi connectivity index (χ2v) is 8.08. The first-order valence-corrected chi connectivity index (χ1v) is 9.02. The van der Waals surface area contributed by atoms with Crippen molar-refractivity contribution < 1.29 is 0 Å². The number of hydrogen-bond donors (Lipinski definition) is 0. The van der Waals surface area contributed by atoms with Gasteiger partial charge in [-0.1, -0.05) is 83.9 Å². The third kappa shape index (κ3) is 7.02. The minimum atomic E-state index is -0.737. The fraction of sp³-hybridized carbons (Fsp3) is 0.400. The Hall–Kier alpha value is -1.38. The van der Waals surface area contributed by atoms with E-state index in [0.29, 0.717) is 12.8 Å². The molecule has 0 aromatic heterocycles. The monoisotopic (exact) mass is 362 g/mol. The maximum atomic E-state index is 6.49. The molecule has 0 N–H and O–H groups in total. The van der Waals surface area contributed by atoms with Crippen molar-refractivity contribution in [2.24, 2.45) is 10.2 Å². The zero-order valence-corrected chi connectivity index (χ0v) is 15.8. The third-order valence-corrected chi connectivity index (χ3v) is 4.42. The Morgan fingerprint density at radius 2 is 1.00 bits per heavy atom. The second-order valence-electron chi connectivity index (χ2n) is 6.46. The SMILES string of the molecule is C[C@](Cl)(CCc1ccccc1)/N=N/[C@](C)(Cl)CCc1ccccc1. The lowest BCUT2D eigenvalue weighted by Crippen LogP contribution is -2.18.